The largest absolute Gasteiger partial charge is 0.0951 e. The SMILES string of the molecule is CC=CC#CC1CCCCC1. The number of allylic oxidation sites excluding steroid dienone is 2. The van der Waals surface area contributed by atoms with Gasteiger partial charge in [-0.2, -0.15) is 0 Å². The van der Waals surface area contributed by atoms with Crippen molar-refractivity contribution in [1.82, 2.24) is 0 Å². The van der Waals surface area contributed by atoms with Gasteiger partial charge in [0.05, 0.1) is 0 Å². The lowest BCUT2D eigenvalue weighted by atomic mass is 9.90. The first-order valence-electron chi connectivity index (χ1n) is 4.55. The maximum Gasteiger partial charge on any atom is 0.0206 e. The molecule has 0 unspecified atom stereocenters. The van der Waals surface area contributed by atoms with Gasteiger partial charge in [0, 0.05) is 5.92 Å². The molecule has 60 valence electrons. The van der Waals surface area contributed by atoms with Crippen LogP contribution in [-0.2, 0) is 0 Å². The minimum absolute atomic E-state index is 0.694. The summed E-state index contributed by atoms with van der Waals surface area (Å²) < 4.78 is 0. The van der Waals surface area contributed by atoms with E-state index in [0.717, 1.165) is 0 Å². The van der Waals surface area contributed by atoms with Crippen LogP contribution in [0, 0.1) is 17.8 Å². The molecule has 0 heteroatoms. The molecule has 0 spiro atoms. The molecule has 0 aliphatic heterocycles. The van der Waals surface area contributed by atoms with E-state index in [1.165, 1.54) is 32.1 Å². The Labute approximate surface area is 69.7 Å². The summed E-state index contributed by atoms with van der Waals surface area (Å²) in [7, 11) is 0. The van der Waals surface area contributed by atoms with Crippen LogP contribution in [-0.4, -0.2) is 0 Å². The zero-order valence-corrected chi connectivity index (χ0v) is 7.27. The summed E-state index contributed by atoms with van der Waals surface area (Å²) in [5.41, 5.74) is 0. The molecule has 0 aromatic carbocycles. The van der Waals surface area contributed by atoms with E-state index in [2.05, 4.69) is 11.8 Å². The van der Waals surface area contributed by atoms with Crippen molar-refractivity contribution in [3.05, 3.63) is 12.2 Å². The second-order valence-corrected chi connectivity index (χ2v) is 3.12. The van der Waals surface area contributed by atoms with Gasteiger partial charge in [0.25, 0.3) is 0 Å². The minimum Gasteiger partial charge on any atom is -0.0951 e. The van der Waals surface area contributed by atoms with E-state index in [0.29, 0.717) is 5.92 Å². The van der Waals surface area contributed by atoms with Crippen LogP contribution < -0.4 is 0 Å². The van der Waals surface area contributed by atoms with Crippen LogP contribution in [0.15, 0.2) is 12.2 Å². The van der Waals surface area contributed by atoms with Crippen LogP contribution in [0.1, 0.15) is 39.0 Å². The normalized spacial score (nSPS) is 19.7. The van der Waals surface area contributed by atoms with Crippen molar-refractivity contribution in [2.75, 3.05) is 0 Å². The molecule has 1 aliphatic rings. The topological polar surface area (TPSA) is 0 Å². The molecule has 0 bridgehead atoms. The van der Waals surface area contributed by atoms with Gasteiger partial charge in [-0.05, 0) is 25.8 Å². The average molecular weight is 148 g/mol. The van der Waals surface area contributed by atoms with Crippen molar-refractivity contribution in [1.29, 1.82) is 0 Å². The van der Waals surface area contributed by atoms with Gasteiger partial charge >= 0.3 is 0 Å². The molecule has 1 saturated carbocycles. The highest BCUT2D eigenvalue weighted by Gasteiger charge is 2.09. The predicted octanol–water partition coefficient (Wildman–Crippen LogP) is 3.15. The van der Waals surface area contributed by atoms with Crippen molar-refractivity contribution < 1.29 is 0 Å². The zero-order valence-electron chi connectivity index (χ0n) is 7.27. The second kappa shape index (κ2) is 5.02. The van der Waals surface area contributed by atoms with Crippen molar-refractivity contribution >= 4 is 0 Å². The summed E-state index contributed by atoms with van der Waals surface area (Å²) in [5.74, 6) is 7.05. The van der Waals surface area contributed by atoms with Crippen molar-refractivity contribution in [2.45, 2.75) is 39.0 Å². The summed E-state index contributed by atoms with van der Waals surface area (Å²) >= 11 is 0. The monoisotopic (exact) mass is 148 g/mol. The fourth-order valence-electron chi connectivity index (χ4n) is 1.50. The maximum atomic E-state index is 3.29. The molecule has 0 atom stereocenters. The van der Waals surface area contributed by atoms with Gasteiger partial charge in [0.2, 0.25) is 0 Å². The fourth-order valence-corrected chi connectivity index (χ4v) is 1.50. The Hall–Kier alpha value is -0.700. The number of hydrogen-bond donors (Lipinski definition) is 0. The molecule has 0 nitrogen and oxygen atoms in total. The number of rotatable bonds is 0. The Kier molecular flexibility index (Phi) is 3.83. The zero-order chi connectivity index (χ0) is 7.94. The molecule has 0 saturated heterocycles. The Bertz CT molecular complexity index is 172. The maximum absolute atomic E-state index is 3.29. The first-order valence-corrected chi connectivity index (χ1v) is 4.55. The van der Waals surface area contributed by atoms with E-state index in [1.54, 1.807) is 0 Å². The lowest BCUT2D eigenvalue weighted by molar-refractivity contribution is 0.430. The van der Waals surface area contributed by atoms with Gasteiger partial charge < -0.3 is 0 Å². The highest BCUT2D eigenvalue weighted by atomic mass is 14.1. The molecule has 1 fully saturated rings. The van der Waals surface area contributed by atoms with Crippen LogP contribution in [0.5, 0.6) is 0 Å². The summed E-state index contributed by atoms with van der Waals surface area (Å²) in [5, 5.41) is 0. The Morgan fingerprint density at radius 1 is 1.18 bits per heavy atom. The molecule has 1 rings (SSSR count). The molecular weight excluding hydrogens is 132 g/mol. The first-order chi connectivity index (χ1) is 5.43. The third-order valence-electron chi connectivity index (χ3n) is 2.14. The lowest BCUT2D eigenvalue weighted by Crippen LogP contribution is -2.02. The molecule has 0 radical (unpaired) electrons. The van der Waals surface area contributed by atoms with E-state index >= 15 is 0 Å². The molecule has 0 N–H and O–H groups in total. The van der Waals surface area contributed by atoms with Gasteiger partial charge in [-0.25, -0.2) is 0 Å². The lowest BCUT2D eigenvalue weighted by Gasteiger charge is -2.15. The smallest absolute Gasteiger partial charge is 0.0206 e. The van der Waals surface area contributed by atoms with Crippen LogP contribution >= 0.6 is 0 Å². The number of hydrogen-bond acceptors (Lipinski definition) is 0. The average Bonchev–Trinajstić information content (AvgIpc) is 2.07. The standard InChI is InChI=1S/C11H16/c1-2-3-5-8-11-9-6-4-7-10-11/h2-3,11H,4,6-7,9-10H2,1H3. The quantitative estimate of drug-likeness (QED) is 0.463. The molecule has 0 amide bonds. The first kappa shape index (κ1) is 8.40. The Morgan fingerprint density at radius 2 is 1.91 bits per heavy atom. The van der Waals surface area contributed by atoms with Crippen molar-refractivity contribution in [3.8, 4) is 11.8 Å². The highest BCUT2D eigenvalue weighted by molar-refractivity contribution is 5.16. The van der Waals surface area contributed by atoms with Crippen LogP contribution in [0.4, 0.5) is 0 Å². The van der Waals surface area contributed by atoms with Gasteiger partial charge in [-0.3, -0.25) is 0 Å². The van der Waals surface area contributed by atoms with Gasteiger partial charge in [0.1, 0.15) is 0 Å². The molecule has 0 heterocycles. The fraction of sp³-hybridized carbons (Fsp3) is 0.636. The summed E-state index contributed by atoms with van der Waals surface area (Å²) in [6.07, 6.45) is 10.8. The van der Waals surface area contributed by atoms with Crippen molar-refractivity contribution in [2.24, 2.45) is 5.92 Å². The molecule has 0 aromatic heterocycles. The van der Waals surface area contributed by atoms with E-state index in [4.69, 9.17) is 0 Å². The van der Waals surface area contributed by atoms with E-state index in [-0.39, 0.29) is 0 Å². The molecular formula is C11H16. The van der Waals surface area contributed by atoms with Crippen LogP contribution in [0.25, 0.3) is 0 Å². The summed E-state index contributed by atoms with van der Waals surface area (Å²) in [4.78, 5) is 0. The third kappa shape index (κ3) is 3.28. The van der Waals surface area contributed by atoms with E-state index in [1.807, 2.05) is 19.1 Å². The van der Waals surface area contributed by atoms with Gasteiger partial charge in [-0.15, -0.1) is 0 Å². The third-order valence-corrected chi connectivity index (χ3v) is 2.14. The van der Waals surface area contributed by atoms with E-state index in [9.17, 15) is 0 Å². The van der Waals surface area contributed by atoms with E-state index < -0.39 is 0 Å². The molecule has 1 aliphatic carbocycles. The summed E-state index contributed by atoms with van der Waals surface area (Å²) in [6, 6.07) is 0. The molecule has 0 aromatic rings. The van der Waals surface area contributed by atoms with Gasteiger partial charge in [0.15, 0.2) is 0 Å². The van der Waals surface area contributed by atoms with Gasteiger partial charge in [-0.1, -0.05) is 37.2 Å². The molecule has 11 heavy (non-hydrogen) atoms. The highest BCUT2D eigenvalue weighted by Crippen LogP contribution is 2.22. The minimum atomic E-state index is 0.694. The Balaban J connectivity index is 2.30. The second-order valence-electron chi connectivity index (χ2n) is 3.12. The predicted molar refractivity (Wildman–Crippen MR) is 49.2 cm³/mol. The van der Waals surface area contributed by atoms with Crippen LogP contribution in [0.3, 0.4) is 0 Å². The van der Waals surface area contributed by atoms with Crippen molar-refractivity contribution in [3.63, 3.8) is 0 Å². The Morgan fingerprint density at radius 3 is 2.55 bits per heavy atom. The van der Waals surface area contributed by atoms with Crippen LogP contribution in [0.2, 0.25) is 0 Å². The summed E-state index contributed by atoms with van der Waals surface area (Å²) in [6.45, 7) is 2.01.